The van der Waals surface area contributed by atoms with Crippen LogP contribution < -0.4 is 4.57 Å². The minimum Gasteiger partial charge on any atom is -0.307 e. The first-order valence-electron chi connectivity index (χ1n) is 14.0. The van der Waals surface area contributed by atoms with E-state index in [1.54, 1.807) is 5.56 Å². The predicted molar refractivity (Wildman–Crippen MR) is 149 cm³/mol. The van der Waals surface area contributed by atoms with Crippen molar-refractivity contribution in [2.75, 3.05) is 0 Å². The molecule has 0 amide bonds. The highest BCUT2D eigenvalue weighted by Gasteiger charge is 2.51. The van der Waals surface area contributed by atoms with E-state index in [-0.39, 0.29) is 0 Å². The molecule has 2 heteroatoms. The molecule has 4 aliphatic carbocycles. The van der Waals surface area contributed by atoms with Crippen molar-refractivity contribution in [2.24, 2.45) is 24.8 Å². The summed E-state index contributed by atoms with van der Waals surface area (Å²) >= 11 is 0. The van der Waals surface area contributed by atoms with E-state index in [9.17, 15) is 0 Å². The molecule has 0 radical (unpaired) electrons. The van der Waals surface area contributed by atoms with Crippen LogP contribution in [0.25, 0.3) is 49.0 Å². The number of aromatic nitrogens is 2. The number of fused-ring (bicyclic) bond motifs is 5. The fourth-order valence-corrected chi connectivity index (χ4v) is 9.59. The number of benzene rings is 3. The van der Waals surface area contributed by atoms with Crippen LogP contribution >= 0.6 is 0 Å². The Balaban J connectivity index is 1.51. The highest BCUT2D eigenvalue weighted by Crippen LogP contribution is 2.61. The maximum absolute atomic E-state index is 2.64. The molecule has 3 aromatic heterocycles. The summed E-state index contributed by atoms with van der Waals surface area (Å²) in [7, 11) is 2.23. The van der Waals surface area contributed by atoms with E-state index in [0.29, 0.717) is 5.41 Å². The molecule has 0 saturated heterocycles. The van der Waals surface area contributed by atoms with Gasteiger partial charge in [0.1, 0.15) is 7.05 Å². The second-order valence-corrected chi connectivity index (χ2v) is 12.9. The molecular weight excluding hydrogens is 436 g/mol. The lowest BCUT2D eigenvalue weighted by molar-refractivity contribution is -0.643. The Morgan fingerprint density at radius 2 is 1.50 bits per heavy atom. The van der Waals surface area contributed by atoms with Crippen LogP contribution in [-0.2, 0) is 12.5 Å². The molecule has 36 heavy (non-hydrogen) atoms. The summed E-state index contributed by atoms with van der Waals surface area (Å²) in [5.41, 5.74) is 10.3. The Bertz CT molecular complexity index is 1870. The SMILES string of the molecule is Cc1ccc2c3ccc(C)c4c3n(c2c1)c1cc(C23CC5CC(CC(C5)C2)C3)cc2cc[n+](C)c4c21. The minimum absolute atomic E-state index is 0.391. The Morgan fingerprint density at radius 3 is 2.25 bits per heavy atom. The minimum atomic E-state index is 0.391. The van der Waals surface area contributed by atoms with Crippen LogP contribution in [0.15, 0.2) is 54.7 Å². The van der Waals surface area contributed by atoms with Gasteiger partial charge in [0.05, 0.1) is 27.3 Å². The Hall–Kier alpha value is -3.13. The molecule has 4 bridgehead atoms. The van der Waals surface area contributed by atoms with Gasteiger partial charge < -0.3 is 4.40 Å². The van der Waals surface area contributed by atoms with E-state index in [1.165, 1.54) is 98.6 Å². The van der Waals surface area contributed by atoms with Crippen LogP contribution in [-0.4, -0.2) is 4.40 Å². The number of hydrogen-bond acceptors (Lipinski definition) is 0. The fraction of sp³-hybridized carbons (Fsp3) is 0.382. The molecule has 4 fully saturated rings. The van der Waals surface area contributed by atoms with E-state index in [4.69, 9.17) is 0 Å². The van der Waals surface area contributed by atoms with Crippen molar-refractivity contribution < 1.29 is 4.57 Å². The highest BCUT2D eigenvalue weighted by atomic mass is 15.0. The number of nitrogens with zero attached hydrogens (tertiary/aromatic N) is 2. The van der Waals surface area contributed by atoms with Crippen molar-refractivity contribution in [1.82, 2.24) is 4.40 Å². The van der Waals surface area contributed by atoms with Gasteiger partial charge in [-0.3, -0.25) is 0 Å². The number of hydrogen-bond donors (Lipinski definition) is 0. The summed E-state index contributed by atoms with van der Waals surface area (Å²) in [6.45, 7) is 4.52. The van der Waals surface area contributed by atoms with Crippen molar-refractivity contribution in [3.63, 3.8) is 0 Å². The molecule has 4 saturated carbocycles. The van der Waals surface area contributed by atoms with Crippen molar-refractivity contribution in [3.8, 4) is 0 Å². The van der Waals surface area contributed by atoms with E-state index in [2.05, 4.69) is 84.6 Å². The third kappa shape index (κ3) is 2.32. The van der Waals surface area contributed by atoms with Crippen molar-refractivity contribution >= 4 is 49.0 Å². The fourth-order valence-electron chi connectivity index (χ4n) is 9.59. The smallest absolute Gasteiger partial charge is 0.224 e. The molecule has 178 valence electrons. The second-order valence-electron chi connectivity index (χ2n) is 12.9. The first-order chi connectivity index (χ1) is 17.5. The lowest BCUT2D eigenvalue weighted by Gasteiger charge is -2.57. The van der Waals surface area contributed by atoms with Crippen molar-refractivity contribution in [2.45, 2.75) is 57.8 Å². The first kappa shape index (κ1) is 20.0. The Kier molecular flexibility index (Phi) is 3.56. The van der Waals surface area contributed by atoms with Gasteiger partial charge in [0.15, 0.2) is 6.20 Å². The van der Waals surface area contributed by atoms with Crippen LogP contribution in [0.1, 0.15) is 55.2 Å². The molecular formula is C34H33N2+. The second kappa shape index (κ2) is 6.40. The molecule has 0 aliphatic heterocycles. The Labute approximate surface area is 211 Å². The highest BCUT2D eigenvalue weighted by molar-refractivity contribution is 6.25. The molecule has 0 spiro atoms. The van der Waals surface area contributed by atoms with Crippen LogP contribution in [0.4, 0.5) is 0 Å². The molecule has 3 aromatic carbocycles. The van der Waals surface area contributed by atoms with Crippen LogP contribution in [0.5, 0.6) is 0 Å². The molecule has 4 aliphatic rings. The van der Waals surface area contributed by atoms with E-state index in [0.717, 1.165) is 17.8 Å². The largest absolute Gasteiger partial charge is 0.307 e. The van der Waals surface area contributed by atoms with E-state index >= 15 is 0 Å². The molecule has 0 atom stereocenters. The van der Waals surface area contributed by atoms with Gasteiger partial charge in [-0.2, -0.15) is 0 Å². The average molecular weight is 470 g/mol. The van der Waals surface area contributed by atoms with Gasteiger partial charge in [-0.1, -0.05) is 24.3 Å². The van der Waals surface area contributed by atoms with Gasteiger partial charge >= 0.3 is 0 Å². The van der Waals surface area contributed by atoms with Crippen molar-refractivity contribution in [1.29, 1.82) is 0 Å². The lowest BCUT2D eigenvalue weighted by atomic mass is 9.48. The van der Waals surface area contributed by atoms with Gasteiger partial charge in [-0.15, -0.1) is 0 Å². The summed E-state index contributed by atoms with van der Waals surface area (Å²) < 4.78 is 5.00. The number of pyridine rings is 2. The average Bonchev–Trinajstić information content (AvgIpc) is 3.17. The van der Waals surface area contributed by atoms with Crippen LogP contribution in [0, 0.1) is 31.6 Å². The molecule has 2 nitrogen and oxygen atoms in total. The maximum atomic E-state index is 2.64. The van der Waals surface area contributed by atoms with E-state index < -0.39 is 0 Å². The normalized spacial score (nSPS) is 27.6. The van der Waals surface area contributed by atoms with Crippen LogP contribution in [0.2, 0.25) is 0 Å². The Morgan fingerprint density at radius 1 is 0.778 bits per heavy atom. The molecule has 0 N–H and O–H groups in total. The summed E-state index contributed by atoms with van der Waals surface area (Å²) in [5.74, 6) is 2.87. The quantitative estimate of drug-likeness (QED) is 0.131. The number of aryl methyl sites for hydroxylation is 3. The topological polar surface area (TPSA) is 8.29 Å². The lowest BCUT2D eigenvalue weighted by Crippen LogP contribution is -2.48. The standard InChI is InChI=1S/C34H33N2/c1-19-4-6-26-27-7-5-20(2)30-32(27)36(28(26)10-19)29-15-25(14-24-8-9-35(3)33(30)31(24)29)34-16-21-11-22(17-34)13-23(12-21)18-34/h4-10,14-15,21-23H,11-13,16-18H2,1-3H3/q+1. The predicted octanol–water partition coefficient (Wildman–Crippen LogP) is 7.90. The molecule has 0 unspecified atom stereocenters. The monoisotopic (exact) mass is 469 g/mol. The summed E-state index contributed by atoms with van der Waals surface area (Å²) in [5, 5.41) is 7.01. The summed E-state index contributed by atoms with van der Waals surface area (Å²) in [6, 6.07) is 19.3. The molecule has 3 heterocycles. The third-order valence-corrected chi connectivity index (χ3v) is 10.6. The molecule has 6 aromatic rings. The summed E-state index contributed by atoms with van der Waals surface area (Å²) in [6.07, 6.45) is 11.0. The number of rotatable bonds is 1. The van der Waals surface area contributed by atoms with Crippen LogP contribution in [0.3, 0.4) is 0 Å². The first-order valence-corrected chi connectivity index (χ1v) is 14.0. The molecule has 10 rings (SSSR count). The maximum Gasteiger partial charge on any atom is 0.224 e. The zero-order valence-electron chi connectivity index (χ0n) is 21.6. The summed E-state index contributed by atoms with van der Waals surface area (Å²) in [4.78, 5) is 0. The third-order valence-electron chi connectivity index (χ3n) is 10.6. The zero-order valence-corrected chi connectivity index (χ0v) is 21.6. The van der Waals surface area contributed by atoms with E-state index in [1.807, 2.05) is 0 Å². The van der Waals surface area contributed by atoms with Crippen molar-refractivity contribution in [3.05, 3.63) is 71.4 Å². The van der Waals surface area contributed by atoms with Gasteiger partial charge in [0.2, 0.25) is 5.52 Å². The van der Waals surface area contributed by atoms with Gasteiger partial charge in [-0.25, -0.2) is 4.57 Å². The van der Waals surface area contributed by atoms with Gasteiger partial charge in [0.25, 0.3) is 0 Å². The van der Waals surface area contributed by atoms with Gasteiger partial charge in [-0.05, 0) is 116 Å². The van der Waals surface area contributed by atoms with Gasteiger partial charge in [0, 0.05) is 16.8 Å². The zero-order chi connectivity index (χ0) is 23.9.